The van der Waals surface area contributed by atoms with Crippen molar-refractivity contribution in [3.05, 3.63) is 71.2 Å². The maximum Gasteiger partial charge on any atom is 0.263 e. The molecule has 2 amide bonds. The van der Waals surface area contributed by atoms with E-state index >= 15 is 0 Å². The van der Waals surface area contributed by atoms with E-state index in [1.165, 1.54) is 18.3 Å². The molecule has 2 aromatic carbocycles. The highest BCUT2D eigenvalue weighted by Gasteiger charge is 2.29. The predicted molar refractivity (Wildman–Crippen MR) is 148 cm³/mol. The van der Waals surface area contributed by atoms with Crippen molar-refractivity contribution >= 4 is 50.4 Å². The fourth-order valence-electron chi connectivity index (χ4n) is 4.82. The molecule has 190 valence electrons. The number of hydrogen-bond donors (Lipinski definition) is 3. The molecule has 1 aliphatic rings. The molecule has 5 rings (SSSR count). The minimum Gasteiger partial charge on any atom is -0.457 e. The van der Waals surface area contributed by atoms with Crippen LogP contribution in [0.4, 0.5) is 17.1 Å². The molecule has 0 bridgehead atoms. The molecule has 4 aromatic rings. The van der Waals surface area contributed by atoms with Crippen molar-refractivity contribution in [2.75, 3.05) is 10.6 Å². The average Bonchev–Trinajstić information content (AvgIpc) is 3.44. The SMILES string of the molecule is CC(=O)N(c1ccc(Oc2ccccc2)cc1C)c1ccnc2sc(C(=O)N[C@H]3CCC[C@H]3N)c(N)c12. The molecule has 2 heterocycles. The highest BCUT2D eigenvalue weighted by atomic mass is 32.1. The molecule has 1 saturated carbocycles. The summed E-state index contributed by atoms with van der Waals surface area (Å²) in [6, 6.07) is 16.7. The molecule has 2 aromatic heterocycles. The first kappa shape index (κ1) is 24.7. The second kappa shape index (κ2) is 10.2. The first-order chi connectivity index (χ1) is 17.8. The maximum absolute atomic E-state index is 13.1. The second-order valence-corrected chi connectivity index (χ2v) is 10.2. The number of thiophene rings is 1. The fourth-order valence-corrected chi connectivity index (χ4v) is 5.81. The summed E-state index contributed by atoms with van der Waals surface area (Å²) in [4.78, 5) is 33.1. The number of nitrogens with one attached hydrogen (secondary N) is 1. The number of nitrogen functional groups attached to an aromatic ring is 1. The Morgan fingerprint density at radius 1 is 1.08 bits per heavy atom. The van der Waals surface area contributed by atoms with Gasteiger partial charge in [-0.15, -0.1) is 11.3 Å². The molecule has 1 aliphatic carbocycles. The summed E-state index contributed by atoms with van der Waals surface area (Å²) in [6.45, 7) is 3.42. The van der Waals surface area contributed by atoms with Crippen LogP contribution in [0.1, 0.15) is 41.4 Å². The molecular weight excluding hydrogens is 486 g/mol. The first-order valence-electron chi connectivity index (χ1n) is 12.2. The standard InChI is InChI=1S/C28H29N5O3S/c1-16-15-19(36-18-7-4-3-5-8-18)11-12-22(16)33(17(2)34)23-13-14-31-28-24(23)25(30)26(37-28)27(35)32-21-10-6-9-20(21)29/h3-5,7-8,11-15,20-21H,6,9-10,29-30H2,1-2H3,(H,32,35)/t20-,21+/m1/s1. The quantitative estimate of drug-likeness (QED) is 0.321. The minimum absolute atomic E-state index is 0.0572. The van der Waals surface area contributed by atoms with Crippen LogP contribution in [-0.2, 0) is 4.79 Å². The van der Waals surface area contributed by atoms with E-state index < -0.39 is 0 Å². The summed E-state index contributed by atoms with van der Waals surface area (Å²) in [5.41, 5.74) is 15.1. The lowest BCUT2D eigenvalue weighted by Gasteiger charge is -2.24. The van der Waals surface area contributed by atoms with Crippen molar-refractivity contribution in [2.24, 2.45) is 5.73 Å². The number of carbonyl (C=O) groups excluding carboxylic acids is 2. The zero-order valence-corrected chi connectivity index (χ0v) is 21.5. The molecule has 9 heteroatoms. The number of anilines is 3. The zero-order valence-electron chi connectivity index (χ0n) is 20.7. The van der Waals surface area contributed by atoms with Crippen LogP contribution in [0.3, 0.4) is 0 Å². The van der Waals surface area contributed by atoms with Gasteiger partial charge in [-0.1, -0.05) is 18.2 Å². The monoisotopic (exact) mass is 515 g/mol. The van der Waals surface area contributed by atoms with Crippen molar-refractivity contribution in [3.63, 3.8) is 0 Å². The van der Waals surface area contributed by atoms with Crippen molar-refractivity contribution in [1.82, 2.24) is 10.3 Å². The highest BCUT2D eigenvalue weighted by Crippen LogP contribution is 2.42. The van der Waals surface area contributed by atoms with Crippen LogP contribution in [0.5, 0.6) is 11.5 Å². The number of para-hydroxylation sites is 1. The number of aryl methyl sites for hydroxylation is 1. The number of aromatic nitrogens is 1. The smallest absolute Gasteiger partial charge is 0.263 e. The van der Waals surface area contributed by atoms with Crippen LogP contribution in [0.25, 0.3) is 10.2 Å². The van der Waals surface area contributed by atoms with Crippen molar-refractivity contribution in [3.8, 4) is 11.5 Å². The molecular formula is C28H29N5O3S. The Balaban J connectivity index is 1.51. The number of benzene rings is 2. The lowest BCUT2D eigenvalue weighted by molar-refractivity contribution is -0.115. The van der Waals surface area contributed by atoms with Crippen LogP contribution in [0, 0.1) is 6.92 Å². The summed E-state index contributed by atoms with van der Waals surface area (Å²) >= 11 is 1.22. The third-order valence-electron chi connectivity index (χ3n) is 6.64. The van der Waals surface area contributed by atoms with Crippen molar-refractivity contribution < 1.29 is 14.3 Å². The molecule has 0 saturated heterocycles. The molecule has 1 fully saturated rings. The molecule has 8 nitrogen and oxygen atoms in total. The third kappa shape index (κ3) is 4.87. The first-order valence-corrected chi connectivity index (χ1v) is 13.0. The van der Waals surface area contributed by atoms with Gasteiger partial charge in [0.25, 0.3) is 5.91 Å². The van der Waals surface area contributed by atoms with Crippen molar-refractivity contribution in [1.29, 1.82) is 0 Å². The summed E-state index contributed by atoms with van der Waals surface area (Å²) < 4.78 is 5.96. The Kier molecular flexibility index (Phi) is 6.82. The number of rotatable bonds is 6. The largest absolute Gasteiger partial charge is 0.457 e. The van der Waals surface area contributed by atoms with Gasteiger partial charge in [-0.2, -0.15) is 0 Å². The topological polar surface area (TPSA) is 124 Å². The maximum atomic E-state index is 13.1. The number of hydrogen-bond acceptors (Lipinski definition) is 7. The fraction of sp³-hybridized carbons (Fsp3) is 0.250. The summed E-state index contributed by atoms with van der Waals surface area (Å²) in [5.74, 6) is 0.932. The Morgan fingerprint density at radius 2 is 1.86 bits per heavy atom. The zero-order chi connectivity index (χ0) is 26.1. The highest BCUT2D eigenvalue weighted by molar-refractivity contribution is 7.21. The number of nitrogens with two attached hydrogens (primary N) is 2. The van der Waals surface area contributed by atoms with Crippen molar-refractivity contribution in [2.45, 2.75) is 45.2 Å². The number of carbonyl (C=O) groups is 2. The average molecular weight is 516 g/mol. The summed E-state index contributed by atoms with van der Waals surface area (Å²) in [5, 5.41) is 3.61. The Bertz CT molecular complexity index is 1470. The van der Waals surface area contributed by atoms with Gasteiger partial charge in [0.1, 0.15) is 21.2 Å². The van der Waals surface area contributed by atoms with Crippen LogP contribution in [0.2, 0.25) is 0 Å². The van der Waals surface area contributed by atoms with E-state index in [9.17, 15) is 9.59 Å². The lowest BCUT2D eigenvalue weighted by atomic mass is 10.1. The van der Waals surface area contributed by atoms with Gasteiger partial charge in [0.05, 0.1) is 22.4 Å². The molecule has 37 heavy (non-hydrogen) atoms. The Hall–Kier alpha value is -3.95. The number of amides is 2. The molecule has 0 unspecified atom stereocenters. The number of ether oxygens (including phenoxy) is 1. The normalized spacial score (nSPS) is 17.1. The number of nitrogens with zero attached hydrogens (tertiary/aromatic N) is 2. The van der Waals surface area contributed by atoms with Crippen LogP contribution < -0.4 is 26.4 Å². The molecule has 5 N–H and O–H groups in total. The van der Waals surface area contributed by atoms with E-state index in [1.54, 1.807) is 17.2 Å². The van der Waals surface area contributed by atoms with Crippen LogP contribution >= 0.6 is 11.3 Å². The van der Waals surface area contributed by atoms with Gasteiger partial charge in [-0.25, -0.2) is 4.98 Å². The minimum atomic E-state index is -0.262. The van der Waals surface area contributed by atoms with E-state index in [0.29, 0.717) is 37.9 Å². The van der Waals surface area contributed by atoms with Crippen LogP contribution in [0.15, 0.2) is 60.8 Å². The van der Waals surface area contributed by atoms with E-state index in [2.05, 4.69) is 10.3 Å². The van der Waals surface area contributed by atoms with Gasteiger partial charge in [0.2, 0.25) is 5.91 Å². The van der Waals surface area contributed by atoms with E-state index in [4.69, 9.17) is 16.2 Å². The Morgan fingerprint density at radius 3 is 2.54 bits per heavy atom. The van der Waals surface area contributed by atoms with Crippen LogP contribution in [-0.4, -0.2) is 28.9 Å². The van der Waals surface area contributed by atoms with E-state index in [1.807, 2.05) is 55.5 Å². The van der Waals surface area contributed by atoms with Gasteiger partial charge in [-0.3, -0.25) is 14.5 Å². The molecule has 0 spiro atoms. The molecule has 0 radical (unpaired) electrons. The van der Waals surface area contributed by atoms with Gasteiger partial charge >= 0.3 is 0 Å². The number of fused-ring (bicyclic) bond motifs is 1. The summed E-state index contributed by atoms with van der Waals surface area (Å²) in [7, 11) is 0. The van der Waals surface area contributed by atoms with Gasteiger partial charge < -0.3 is 21.5 Å². The second-order valence-electron chi connectivity index (χ2n) is 9.25. The summed E-state index contributed by atoms with van der Waals surface area (Å²) in [6.07, 6.45) is 4.35. The van der Waals surface area contributed by atoms with E-state index in [-0.39, 0.29) is 23.9 Å². The van der Waals surface area contributed by atoms with Gasteiger partial charge in [0.15, 0.2) is 0 Å². The number of pyridine rings is 1. The van der Waals surface area contributed by atoms with E-state index in [0.717, 1.165) is 30.6 Å². The lowest BCUT2D eigenvalue weighted by Crippen LogP contribution is -2.43. The predicted octanol–water partition coefficient (Wildman–Crippen LogP) is 5.27. The third-order valence-corrected chi connectivity index (χ3v) is 7.76. The van der Waals surface area contributed by atoms with Gasteiger partial charge in [-0.05, 0) is 68.1 Å². The molecule has 2 atom stereocenters. The molecule has 0 aliphatic heterocycles. The van der Waals surface area contributed by atoms with Gasteiger partial charge in [0, 0.05) is 25.2 Å². The Labute approximate surface area is 219 Å².